The number of likely N-dealkylation sites (tertiary alicyclic amines) is 1. The lowest BCUT2D eigenvalue weighted by Gasteiger charge is -2.25. The molecular formula is C14H24N2O3S2. The van der Waals surface area contributed by atoms with Crippen LogP contribution in [0.5, 0.6) is 0 Å². The summed E-state index contributed by atoms with van der Waals surface area (Å²) in [6.07, 6.45) is 2.04. The standard InChI is InChI=1S/C14H24N2O3S2/c1-2-3-14(12(17)18)4-5-16(10-14)13(19)15-8-11-9-20-6-7-21-11/h11H,2-10H2,1H3,(H,15,19)(H,17,18). The Labute approximate surface area is 134 Å². The minimum atomic E-state index is -0.765. The van der Waals surface area contributed by atoms with Gasteiger partial charge in [0.1, 0.15) is 0 Å². The van der Waals surface area contributed by atoms with E-state index < -0.39 is 11.4 Å². The highest BCUT2D eigenvalue weighted by Crippen LogP contribution is 2.35. The zero-order valence-corrected chi connectivity index (χ0v) is 14.1. The number of rotatable bonds is 5. The van der Waals surface area contributed by atoms with Gasteiger partial charge < -0.3 is 15.3 Å². The quantitative estimate of drug-likeness (QED) is 0.807. The number of nitrogens with one attached hydrogen (secondary N) is 1. The number of hydrogen-bond acceptors (Lipinski definition) is 4. The fourth-order valence-electron chi connectivity index (χ4n) is 2.98. The van der Waals surface area contributed by atoms with Crippen molar-refractivity contribution in [2.24, 2.45) is 5.41 Å². The van der Waals surface area contributed by atoms with Crippen LogP contribution in [-0.2, 0) is 4.79 Å². The van der Waals surface area contributed by atoms with E-state index in [0.29, 0.717) is 37.7 Å². The number of urea groups is 1. The molecule has 0 aromatic carbocycles. The van der Waals surface area contributed by atoms with Crippen LogP contribution in [0.2, 0.25) is 0 Å². The molecule has 5 nitrogen and oxygen atoms in total. The van der Waals surface area contributed by atoms with Gasteiger partial charge in [0, 0.05) is 42.1 Å². The molecule has 0 aromatic heterocycles. The van der Waals surface area contributed by atoms with Crippen molar-refractivity contribution in [1.29, 1.82) is 0 Å². The Hall–Kier alpha value is -0.560. The summed E-state index contributed by atoms with van der Waals surface area (Å²) in [5.74, 6) is 2.66. The molecule has 2 amide bonds. The molecule has 2 N–H and O–H groups in total. The van der Waals surface area contributed by atoms with E-state index >= 15 is 0 Å². The number of thioether (sulfide) groups is 2. The van der Waals surface area contributed by atoms with Crippen LogP contribution in [0.1, 0.15) is 26.2 Å². The summed E-state index contributed by atoms with van der Waals surface area (Å²) in [6.45, 7) is 3.56. The third-order valence-corrected chi connectivity index (χ3v) is 7.03. The molecule has 2 heterocycles. The molecule has 2 atom stereocenters. The second kappa shape index (κ2) is 7.63. The first kappa shape index (κ1) is 16.8. The average molecular weight is 332 g/mol. The Morgan fingerprint density at radius 1 is 1.43 bits per heavy atom. The highest BCUT2D eigenvalue weighted by atomic mass is 32.2. The molecule has 120 valence electrons. The number of nitrogens with zero attached hydrogens (tertiary/aromatic N) is 1. The van der Waals surface area contributed by atoms with Gasteiger partial charge in [0.2, 0.25) is 0 Å². The van der Waals surface area contributed by atoms with Gasteiger partial charge in [0.05, 0.1) is 5.41 Å². The van der Waals surface area contributed by atoms with E-state index in [1.54, 1.807) is 4.90 Å². The summed E-state index contributed by atoms with van der Waals surface area (Å²) < 4.78 is 0. The molecule has 21 heavy (non-hydrogen) atoms. The largest absolute Gasteiger partial charge is 0.481 e. The number of hydrogen-bond donors (Lipinski definition) is 2. The summed E-state index contributed by atoms with van der Waals surface area (Å²) in [5, 5.41) is 12.9. The van der Waals surface area contributed by atoms with Crippen LogP contribution in [-0.4, -0.2) is 64.1 Å². The van der Waals surface area contributed by atoms with Crippen LogP contribution in [0.25, 0.3) is 0 Å². The fourth-order valence-corrected chi connectivity index (χ4v) is 5.59. The molecule has 7 heteroatoms. The van der Waals surface area contributed by atoms with Crippen molar-refractivity contribution < 1.29 is 14.7 Å². The van der Waals surface area contributed by atoms with E-state index in [0.717, 1.165) is 17.9 Å². The zero-order chi connectivity index (χ0) is 15.3. The number of carbonyl (C=O) groups excluding carboxylic acids is 1. The topological polar surface area (TPSA) is 69.6 Å². The third kappa shape index (κ3) is 4.22. The molecule has 0 radical (unpaired) electrons. The normalized spacial score (nSPS) is 29.4. The summed E-state index contributed by atoms with van der Waals surface area (Å²) in [5.41, 5.74) is -0.735. The van der Waals surface area contributed by atoms with Gasteiger partial charge in [-0.2, -0.15) is 23.5 Å². The number of aliphatic carboxylic acids is 1. The van der Waals surface area contributed by atoms with E-state index in [9.17, 15) is 14.7 Å². The molecule has 0 bridgehead atoms. The van der Waals surface area contributed by atoms with Gasteiger partial charge in [-0.1, -0.05) is 13.3 Å². The maximum absolute atomic E-state index is 12.2. The number of carboxylic acid groups (broad SMARTS) is 1. The first-order chi connectivity index (χ1) is 10.1. The van der Waals surface area contributed by atoms with Gasteiger partial charge >= 0.3 is 12.0 Å². The van der Waals surface area contributed by atoms with E-state index in [1.807, 2.05) is 30.4 Å². The third-order valence-electron chi connectivity index (χ3n) is 4.19. The average Bonchev–Trinajstić information content (AvgIpc) is 2.92. The van der Waals surface area contributed by atoms with Gasteiger partial charge in [-0.15, -0.1) is 0 Å². The van der Waals surface area contributed by atoms with Crippen molar-refractivity contribution in [2.75, 3.05) is 36.9 Å². The van der Waals surface area contributed by atoms with Gasteiger partial charge in [-0.3, -0.25) is 4.79 Å². The molecule has 2 aliphatic heterocycles. The van der Waals surface area contributed by atoms with Crippen LogP contribution in [0.3, 0.4) is 0 Å². The monoisotopic (exact) mass is 332 g/mol. The molecule has 0 saturated carbocycles. The molecule has 2 rings (SSSR count). The second-order valence-corrected chi connectivity index (χ2v) is 8.32. The van der Waals surface area contributed by atoms with E-state index in [1.165, 1.54) is 5.75 Å². The van der Waals surface area contributed by atoms with E-state index in [4.69, 9.17) is 0 Å². The first-order valence-electron chi connectivity index (χ1n) is 7.53. The Morgan fingerprint density at radius 3 is 2.86 bits per heavy atom. The van der Waals surface area contributed by atoms with Crippen LogP contribution in [0.15, 0.2) is 0 Å². The molecule has 2 aliphatic rings. The number of carboxylic acids is 1. The van der Waals surface area contributed by atoms with E-state index in [-0.39, 0.29) is 6.03 Å². The lowest BCUT2D eigenvalue weighted by atomic mass is 9.83. The van der Waals surface area contributed by atoms with Crippen molar-refractivity contribution in [3.05, 3.63) is 0 Å². The lowest BCUT2D eigenvalue weighted by molar-refractivity contribution is -0.148. The Balaban J connectivity index is 1.82. The highest BCUT2D eigenvalue weighted by Gasteiger charge is 2.45. The van der Waals surface area contributed by atoms with Gasteiger partial charge in [0.25, 0.3) is 0 Å². The van der Waals surface area contributed by atoms with Gasteiger partial charge in [-0.05, 0) is 12.8 Å². The minimum absolute atomic E-state index is 0.106. The van der Waals surface area contributed by atoms with E-state index in [2.05, 4.69) is 5.32 Å². The molecule has 0 spiro atoms. The number of amides is 2. The molecule has 2 fully saturated rings. The maximum Gasteiger partial charge on any atom is 0.317 e. The summed E-state index contributed by atoms with van der Waals surface area (Å²) in [7, 11) is 0. The molecule has 2 saturated heterocycles. The van der Waals surface area contributed by atoms with Crippen molar-refractivity contribution in [3.8, 4) is 0 Å². The Bertz CT molecular complexity index is 388. The molecule has 0 aromatic rings. The maximum atomic E-state index is 12.2. The van der Waals surface area contributed by atoms with Crippen molar-refractivity contribution in [2.45, 2.75) is 31.4 Å². The predicted octanol–water partition coefficient (Wildman–Crippen LogP) is 2.12. The lowest BCUT2D eigenvalue weighted by Crippen LogP contribution is -2.44. The summed E-state index contributed by atoms with van der Waals surface area (Å²) >= 11 is 3.85. The van der Waals surface area contributed by atoms with Crippen LogP contribution in [0.4, 0.5) is 4.79 Å². The summed E-state index contributed by atoms with van der Waals surface area (Å²) in [4.78, 5) is 25.4. The Kier molecular flexibility index (Phi) is 6.10. The summed E-state index contributed by atoms with van der Waals surface area (Å²) in [6, 6.07) is -0.106. The van der Waals surface area contributed by atoms with Crippen LogP contribution < -0.4 is 5.32 Å². The predicted molar refractivity (Wildman–Crippen MR) is 88.1 cm³/mol. The SMILES string of the molecule is CCCC1(C(=O)O)CCN(C(=O)NCC2CSCCS2)C1. The molecule has 0 aliphatic carbocycles. The van der Waals surface area contributed by atoms with Crippen molar-refractivity contribution in [3.63, 3.8) is 0 Å². The molecular weight excluding hydrogens is 308 g/mol. The van der Waals surface area contributed by atoms with Crippen molar-refractivity contribution >= 4 is 35.5 Å². The zero-order valence-electron chi connectivity index (χ0n) is 12.5. The van der Waals surface area contributed by atoms with Crippen molar-refractivity contribution in [1.82, 2.24) is 10.2 Å². The van der Waals surface area contributed by atoms with Gasteiger partial charge in [0.15, 0.2) is 0 Å². The fraction of sp³-hybridized carbons (Fsp3) is 0.857. The number of carbonyl (C=O) groups is 2. The molecule has 2 unspecified atom stereocenters. The van der Waals surface area contributed by atoms with Crippen LogP contribution >= 0.6 is 23.5 Å². The second-order valence-electron chi connectivity index (χ2n) is 5.76. The minimum Gasteiger partial charge on any atom is -0.481 e. The highest BCUT2D eigenvalue weighted by molar-refractivity contribution is 8.06. The van der Waals surface area contributed by atoms with Crippen LogP contribution in [0, 0.1) is 5.41 Å². The smallest absolute Gasteiger partial charge is 0.317 e. The first-order valence-corrected chi connectivity index (χ1v) is 9.73. The van der Waals surface area contributed by atoms with Gasteiger partial charge in [-0.25, -0.2) is 4.79 Å². The Morgan fingerprint density at radius 2 is 2.24 bits per heavy atom.